The summed E-state index contributed by atoms with van der Waals surface area (Å²) in [7, 11) is 0.108. The number of sulfonamides is 1. The average Bonchev–Trinajstić information content (AvgIpc) is 2.96. The highest BCUT2D eigenvalue weighted by Gasteiger charge is 2.34. The Morgan fingerprint density at radius 3 is 2.21 bits per heavy atom. The first kappa shape index (κ1) is 29.8. The van der Waals surface area contributed by atoms with Crippen molar-refractivity contribution < 1.29 is 27.5 Å². The van der Waals surface area contributed by atoms with Crippen molar-refractivity contribution >= 4 is 39.1 Å². The van der Waals surface area contributed by atoms with Gasteiger partial charge in [0.15, 0.2) is 0 Å². The van der Waals surface area contributed by atoms with E-state index in [4.69, 9.17) is 21.1 Å². The molecule has 11 heteroatoms. The van der Waals surface area contributed by atoms with E-state index in [1.54, 1.807) is 61.5 Å². The van der Waals surface area contributed by atoms with Crippen molar-refractivity contribution in [2.24, 2.45) is 0 Å². The van der Waals surface area contributed by atoms with Gasteiger partial charge in [-0.3, -0.25) is 13.9 Å². The van der Waals surface area contributed by atoms with Gasteiger partial charge in [-0.1, -0.05) is 48.9 Å². The van der Waals surface area contributed by atoms with Gasteiger partial charge in [-0.05, 0) is 48.4 Å². The minimum Gasteiger partial charge on any atom is -0.497 e. The molecular weight excluding hydrogens is 542 g/mol. The Morgan fingerprint density at radius 1 is 0.974 bits per heavy atom. The Labute approximate surface area is 234 Å². The van der Waals surface area contributed by atoms with Crippen LogP contribution in [0.5, 0.6) is 11.5 Å². The Bertz CT molecular complexity index is 1380. The number of anilines is 1. The smallest absolute Gasteiger partial charge is 0.264 e. The lowest BCUT2D eigenvalue weighted by Crippen LogP contribution is -2.51. The van der Waals surface area contributed by atoms with Gasteiger partial charge in [0.05, 0.1) is 24.8 Å². The van der Waals surface area contributed by atoms with E-state index in [1.165, 1.54) is 44.4 Å². The van der Waals surface area contributed by atoms with Crippen LogP contribution >= 0.6 is 11.6 Å². The molecule has 1 N–H and O–H groups in total. The van der Waals surface area contributed by atoms with E-state index < -0.39 is 28.5 Å². The molecule has 0 heterocycles. The number of hydrogen-bond donors (Lipinski definition) is 1. The number of likely N-dealkylation sites (N-methyl/N-ethyl adjacent to an activating group) is 1. The van der Waals surface area contributed by atoms with E-state index in [9.17, 15) is 18.0 Å². The van der Waals surface area contributed by atoms with Crippen LogP contribution in [0.1, 0.15) is 18.9 Å². The maximum absolute atomic E-state index is 14.0. The molecule has 1 atom stereocenters. The topological polar surface area (TPSA) is 105 Å². The summed E-state index contributed by atoms with van der Waals surface area (Å²) in [6, 6.07) is 18.5. The number of carbonyl (C=O) groups is 2. The average molecular weight is 574 g/mol. The van der Waals surface area contributed by atoms with Gasteiger partial charge < -0.3 is 19.7 Å². The van der Waals surface area contributed by atoms with E-state index in [2.05, 4.69) is 5.32 Å². The largest absolute Gasteiger partial charge is 0.497 e. The van der Waals surface area contributed by atoms with Gasteiger partial charge in [-0.25, -0.2) is 8.42 Å². The second kappa shape index (κ2) is 13.3. The van der Waals surface area contributed by atoms with Gasteiger partial charge in [0.2, 0.25) is 11.8 Å². The molecule has 0 fully saturated rings. The molecule has 39 heavy (non-hydrogen) atoms. The van der Waals surface area contributed by atoms with Gasteiger partial charge in [0, 0.05) is 24.7 Å². The summed E-state index contributed by atoms with van der Waals surface area (Å²) in [5.41, 5.74) is 0.847. The molecule has 0 radical (unpaired) electrons. The highest BCUT2D eigenvalue weighted by atomic mass is 35.5. The van der Waals surface area contributed by atoms with Gasteiger partial charge in [-0.15, -0.1) is 0 Å². The maximum atomic E-state index is 14.0. The molecule has 0 bridgehead atoms. The summed E-state index contributed by atoms with van der Waals surface area (Å²) >= 11 is 6.03. The maximum Gasteiger partial charge on any atom is 0.264 e. The number of rotatable bonds is 12. The molecule has 0 saturated carbocycles. The zero-order valence-electron chi connectivity index (χ0n) is 22.3. The number of benzene rings is 3. The lowest BCUT2D eigenvalue weighted by Gasteiger charge is -2.33. The van der Waals surface area contributed by atoms with Crippen LogP contribution in [-0.2, 0) is 26.2 Å². The Hall–Kier alpha value is -3.76. The van der Waals surface area contributed by atoms with Gasteiger partial charge in [0.1, 0.15) is 24.1 Å². The number of amides is 2. The van der Waals surface area contributed by atoms with Crippen molar-refractivity contribution in [1.82, 2.24) is 10.2 Å². The third-order valence-corrected chi connectivity index (χ3v) is 8.19. The third-order valence-electron chi connectivity index (χ3n) is 6.16. The number of halogens is 1. The number of hydrogen-bond acceptors (Lipinski definition) is 6. The van der Waals surface area contributed by atoms with Gasteiger partial charge >= 0.3 is 0 Å². The molecular formula is C28H32ClN3O6S. The zero-order chi connectivity index (χ0) is 28.6. The fourth-order valence-electron chi connectivity index (χ4n) is 4.10. The van der Waals surface area contributed by atoms with Crippen LogP contribution in [0.2, 0.25) is 5.02 Å². The molecule has 0 aliphatic carbocycles. The quantitative estimate of drug-likeness (QED) is 0.350. The summed E-state index contributed by atoms with van der Waals surface area (Å²) in [6.45, 7) is 1.25. The standard InChI is InChI=1S/C28H32ClN3O6S/c1-5-24(28(34)30-2)31(18-20-11-13-21(29)14-12-20)27(33)19-32(39(35,36)23-9-7-6-8-10-23)25-17-22(37-3)15-16-26(25)38-4/h6-17,24H,5,18-19H2,1-4H3,(H,30,34)/t24-/m1/s1. The molecule has 3 rings (SSSR count). The van der Waals surface area contributed by atoms with Gasteiger partial charge in [0.25, 0.3) is 10.0 Å². The lowest BCUT2D eigenvalue weighted by molar-refractivity contribution is -0.140. The summed E-state index contributed by atoms with van der Waals surface area (Å²) in [5, 5.41) is 3.13. The first-order chi connectivity index (χ1) is 18.7. The van der Waals surface area contributed by atoms with Crippen LogP contribution < -0.4 is 19.1 Å². The van der Waals surface area contributed by atoms with E-state index in [1.807, 2.05) is 0 Å². The van der Waals surface area contributed by atoms with Crippen LogP contribution in [0.15, 0.2) is 77.7 Å². The van der Waals surface area contributed by atoms with Crippen molar-refractivity contribution in [2.45, 2.75) is 30.8 Å². The van der Waals surface area contributed by atoms with Crippen LogP contribution in [0.3, 0.4) is 0 Å². The van der Waals surface area contributed by atoms with Crippen LogP contribution in [0.25, 0.3) is 0 Å². The molecule has 9 nitrogen and oxygen atoms in total. The second-order valence-corrected chi connectivity index (χ2v) is 10.8. The molecule has 0 unspecified atom stereocenters. The van der Waals surface area contributed by atoms with Crippen LogP contribution in [0, 0.1) is 0 Å². The fraction of sp³-hybridized carbons (Fsp3) is 0.286. The van der Waals surface area contributed by atoms with E-state index in [0.29, 0.717) is 17.2 Å². The van der Waals surface area contributed by atoms with E-state index in [-0.39, 0.29) is 28.8 Å². The molecule has 3 aromatic carbocycles. The minimum atomic E-state index is -4.24. The summed E-state index contributed by atoms with van der Waals surface area (Å²) in [6.07, 6.45) is 0.312. The first-order valence-electron chi connectivity index (χ1n) is 12.2. The van der Waals surface area contributed by atoms with Crippen molar-refractivity contribution in [1.29, 1.82) is 0 Å². The number of nitrogens with one attached hydrogen (secondary N) is 1. The molecule has 0 aliphatic rings. The predicted octanol–water partition coefficient (Wildman–Crippen LogP) is 4.11. The molecule has 0 spiro atoms. The number of methoxy groups -OCH3 is 2. The van der Waals surface area contributed by atoms with Crippen molar-refractivity contribution in [3.63, 3.8) is 0 Å². The predicted molar refractivity (Wildman–Crippen MR) is 151 cm³/mol. The normalized spacial score (nSPS) is 11.8. The van der Waals surface area contributed by atoms with Gasteiger partial charge in [-0.2, -0.15) is 0 Å². The monoisotopic (exact) mass is 573 g/mol. The summed E-state index contributed by atoms with van der Waals surface area (Å²) in [4.78, 5) is 28.2. The zero-order valence-corrected chi connectivity index (χ0v) is 23.8. The molecule has 0 aromatic heterocycles. The van der Waals surface area contributed by atoms with E-state index in [0.717, 1.165) is 9.87 Å². The van der Waals surface area contributed by atoms with Crippen molar-refractivity contribution in [3.8, 4) is 11.5 Å². The van der Waals surface area contributed by atoms with E-state index >= 15 is 0 Å². The van der Waals surface area contributed by atoms with Crippen molar-refractivity contribution in [3.05, 3.63) is 83.4 Å². The molecule has 2 amide bonds. The highest BCUT2D eigenvalue weighted by Crippen LogP contribution is 2.36. The number of nitrogens with zero attached hydrogens (tertiary/aromatic N) is 2. The molecule has 3 aromatic rings. The molecule has 208 valence electrons. The van der Waals surface area contributed by atoms with Crippen LogP contribution in [-0.4, -0.2) is 59.0 Å². The van der Waals surface area contributed by atoms with Crippen molar-refractivity contribution in [2.75, 3.05) is 32.1 Å². The lowest BCUT2D eigenvalue weighted by atomic mass is 10.1. The highest BCUT2D eigenvalue weighted by molar-refractivity contribution is 7.92. The Kier molecular flexibility index (Phi) is 10.2. The SMILES string of the molecule is CC[C@H](C(=O)NC)N(Cc1ccc(Cl)cc1)C(=O)CN(c1cc(OC)ccc1OC)S(=O)(=O)c1ccccc1. The molecule has 0 saturated heterocycles. The number of carbonyl (C=O) groups excluding carboxylic acids is 2. The third kappa shape index (κ3) is 7.01. The second-order valence-electron chi connectivity index (χ2n) is 8.55. The minimum absolute atomic E-state index is 0.00901. The summed E-state index contributed by atoms with van der Waals surface area (Å²) in [5.74, 6) is -0.340. The molecule has 0 aliphatic heterocycles. The number of ether oxygens (including phenoxy) is 2. The Morgan fingerprint density at radius 2 is 1.64 bits per heavy atom. The summed E-state index contributed by atoms with van der Waals surface area (Å²) < 4.78 is 39.7. The Balaban J connectivity index is 2.13. The van der Waals surface area contributed by atoms with Crippen LogP contribution in [0.4, 0.5) is 5.69 Å². The fourth-order valence-corrected chi connectivity index (χ4v) is 5.66. The first-order valence-corrected chi connectivity index (χ1v) is 14.0.